The number of aliphatic hydroxyl groups is 2. The van der Waals surface area contributed by atoms with E-state index in [1.165, 1.54) is 0 Å². The number of unbranched alkanes of at least 4 members (excludes halogenated alkanes) is 1. The van der Waals surface area contributed by atoms with E-state index in [2.05, 4.69) is 0 Å². The molecule has 18 nitrogen and oxygen atoms in total. The van der Waals surface area contributed by atoms with Crippen molar-refractivity contribution in [3.8, 4) is 0 Å². The molecule has 0 fully saturated rings. The van der Waals surface area contributed by atoms with Crippen LogP contribution in [0.25, 0.3) is 0 Å². The average molecular weight is 548 g/mol. The van der Waals surface area contributed by atoms with Gasteiger partial charge in [0.25, 0.3) is 0 Å². The van der Waals surface area contributed by atoms with Crippen LogP contribution in [-0.4, -0.2) is 112 Å². The Hall–Kier alpha value is -4.32. The standard InChI is InChI=1S/C6H10O4.C5H10O2.C4H6O5.C2H2O4.C2H4O3/c7-5(8)3-1-2-4-6(9)10;1-5(2,3)4(6)7;5-2(4(8)9)1-3(6)7;3-1(4)2(5)6;3-1-2(4)5/h1-4H2,(H,7,8)(H,9,10);1-3H3,(H,6,7);2,5H,1H2,(H,6,7)(H,8,9);(H,3,4)(H,5,6);3H,1H2,(H,4,5). The molecule has 10 N–H and O–H groups in total. The summed E-state index contributed by atoms with van der Waals surface area (Å²) in [5.74, 6) is -10.2. The van der Waals surface area contributed by atoms with E-state index in [0.29, 0.717) is 12.8 Å². The number of rotatable bonds is 9. The highest BCUT2D eigenvalue weighted by Crippen LogP contribution is 2.11. The minimum atomic E-state index is -1.82. The van der Waals surface area contributed by atoms with Crippen molar-refractivity contribution in [2.75, 3.05) is 6.61 Å². The van der Waals surface area contributed by atoms with E-state index in [4.69, 9.17) is 65.4 Å². The van der Waals surface area contributed by atoms with Gasteiger partial charge in [0.2, 0.25) is 0 Å². The second-order valence-corrected chi connectivity index (χ2v) is 7.16. The Morgan fingerprint density at radius 1 is 0.595 bits per heavy atom. The van der Waals surface area contributed by atoms with E-state index in [-0.39, 0.29) is 12.8 Å². The summed E-state index contributed by atoms with van der Waals surface area (Å²) in [5.41, 5.74) is -0.583. The lowest BCUT2D eigenvalue weighted by Gasteiger charge is -2.08. The van der Waals surface area contributed by atoms with Gasteiger partial charge in [0, 0.05) is 12.8 Å². The molecule has 18 heteroatoms. The molecule has 0 saturated carbocycles. The molecular weight excluding hydrogens is 516 g/mol. The van der Waals surface area contributed by atoms with E-state index in [9.17, 15) is 24.0 Å². The Balaban J connectivity index is -0.000000118. The first-order valence-corrected chi connectivity index (χ1v) is 9.61. The first kappa shape index (κ1) is 42.8. The number of aliphatic hydroxyl groups excluding tert-OH is 2. The van der Waals surface area contributed by atoms with E-state index >= 15 is 0 Å². The molecule has 0 radical (unpaired) electrons. The molecule has 1 unspecified atom stereocenters. The highest BCUT2D eigenvalue weighted by atomic mass is 16.4. The van der Waals surface area contributed by atoms with Gasteiger partial charge in [-0.2, -0.15) is 0 Å². The van der Waals surface area contributed by atoms with Crippen LogP contribution in [0, 0.1) is 5.41 Å². The topological polar surface area (TPSA) is 339 Å². The van der Waals surface area contributed by atoms with Gasteiger partial charge in [0.05, 0.1) is 11.8 Å². The van der Waals surface area contributed by atoms with E-state index in [0.717, 1.165) is 0 Å². The van der Waals surface area contributed by atoms with Crippen LogP contribution in [-0.2, 0) is 38.4 Å². The summed E-state index contributed by atoms with van der Waals surface area (Å²) < 4.78 is 0. The predicted octanol–water partition coefficient (Wildman–Crippen LogP) is -1.04. The first-order valence-electron chi connectivity index (χ1n) is 9.61. The average Bonchev–Trinajstić information content (AvgIpc) is 2.71. The van der Waals surface area contributed by atoms with Crippen LogP contribution in [0.4, 0.5) is 0 Å². The Kier molecular flexibility index (Phi) is 28.7. The van der Waals surface area contributed by atoms with Crippen LogP contribution in [0.15, 0.2) is 0 Å². The van der Waals surface area contributed by atoms with Crippen molar-refractivity contribution < 1.29 is 89.4 Å². The van der Waals surface area contributed by atoms with Crippen LogP contribution in [0.3, 0.4) is 0 Å². The zero-order chi connectivity index (χ0) is 30.9. The quantitative estimate of drug-likeness (QED) is 0.121. The maximum atomic E-state index is 10.0. The molecule has 216 valence electrons. The molecule has 0 spiro atoms. The van der Waals surface area contributed by atoms with Crippen molar-refractivity contribution in [1.82, 2.24) is 0 Å². The molecule has 0 rings (SSSR count). The number of carboxylic acid groups (broad SMARTS) is 8. The van der Waals surface area contributed by atoms with Crippen LogP contribution in [0.2, 0.25) is 0 Å². The monoisotopic (exact) mass is 548 g/mol. The molecule has 0 aromatic rings. The normalized spacial score (nSPS) is 9.86. The fourth-order valence-electron chi connectivity index (χ4n) is 0.805. The second kappa shape index (κ2) is 24.8. The minimum Gasteiger partial charge on any atom is -0.481 e. The molecule has 0 aromatic heterocycles. The molecule has 0 saturated heterocycles. The second-order valence-electron chi connectivity index (χ2n) is 7.16. The van der Waals surface area contributed by atoms with Gasteiger partial charge >= 0.3 is 47.8 Å². The van der Waals surface area contributed by atoms with Gasteiger partial charge in [-0.1, -0.05) is 0 Å². The van der Waals surface area contributed by atoms with Gasteiger partial charge in [0.1, 0.15) is 6.61 Å². The summed E-state index contributed by atoms with van der Waals surface area (Å²) in [6.45, 7) is 4.21. The lowest BCUT2D eigenvalue weighted by atomic mass is 9.98. The molecule has 0 aliphatic heterocycles. The molecule has 37 heavy (non-hydrogen) atoms. The molecule has 1 atom stereocenters. The number of hydrogen-bond acceptors (Lipinski definition) is 10. The largest absolute Gasteiger partial charge is 0.481 e. The summed E-state index contributed by atoms with van der Waals surface area (Å²) in [5, 5.41) is 78.5. The van der Waals surface area contributed by atoms with Crippen molar-refractivity contribution in [3.63, 3.8) is 0 Å². The van der Waals surface area contributed by atoms with Crippen LogP contribution >= 0.6 is 0 Å². The van der Waals surface area contributed by atoms with Gasteiger partial charge in [-0.15, -0.1) is 0 Å². The fourth-order valence-corrected chi connectivity index (χ4v) is 0.805. The Morgan fingerprint density at radius 2 is 0.865 bits per heavy atom. The van der Waals surface area contributed by atoms with Gasteiger partial charge < -0.3 is 51.1 Å². The summed E-state index contributed by atoms with van der Waals surface area (Å²) >= 11 is 0. The Bertz CT molecular complexity index is 721. The van der Waals surface area contributed by atoms with Gasteiger partial charge in [0.15, 0.2) is 6.10 Å². The van der Waals surface area contributed by atoms with Gasteiger partial charge in [-0.3, -0.25) is 19.2 Å². The van der Waals surface area contributed by atoms with Crippen molar-refractivity contribution in [3.05, 3.63) is 0 Å². The SMILES string of the molecule is CC(C)(C)C(=O)O.O=C(O)C(=O)O.O=C(O)CC(O)C(=O)O.O=C(O)CCCCC(=O)O.O=C(O)CO. The Labute approximate surface area is 209 Å². The predicted molar refractivity (Wildman–Crippen MR) is 117 cm³/mol. The highest BCUT2D eigenvalue weighted by molar-refractivity contribution is 6.27. The van der Waals surface area contributed by atoms with E-state index in [1.807, 2.05) is 0 Å². The molecule has 0 aliphatic rings. The first-order chi connectivity index (χ1) is 16.5. The smallest absolute Gasteiger partial charge is 0.414 e. The lowest BCUT2D eigenvalue weighted by Crippen LogP contribution is -2.22. The molecule has 0 heterocycles. The number of hydrogen-bond donors (Lipinski definition) is 10. The molecule has 0 aliphatic carbocycles. The third-order valence-corrected chi connectivity index (χ3v) is 2.64. The van der Waals surface area contributed by atoms with Crippen LogP contribution in [0.5, 0.6) is 0 Å². The van der Waals surface area contributed by atoms with Crippen molar-refractivity contribution in [2.45, 2.75) is 59.0 Å². The molecule has 0 bridgehead atoms. The van der Waals surface area contributed by atoms with Crippen molar-refractivity contribution in [1.29, 1.82) is 0 Å². The molecule has 0 aromatic carbocycles. The van der Waals surface area contributed by atoms with Gasteiger partial charge in [-0.05, 0) is 33.6 Å². The van der Waals surface area contributed by atoms with E-state index < -0.39 is 72.3 Å². The lowest BCUT2D eigenvalue weighted by molar-refractivity contribution is -0.159. The van der Waals surface area contributed by atoms with Crippen LogP contribution in [0.1, 0.15) is 52.9 Å². The highest BCUT2D eigenvalue weighted by Gasteiger charge is 2.18. The summed E-state index contributed by atoms with van der Waals surface area (Å²) in [6, 6.07) is 0. The summed E-state index contributed by atoms with van der Waals surface area (Å²) in [4.78, 5) is 76.5. The van der Waals surface area contributed by atoms with Crippen molar-refractivity contribution >= 4 is 47.8 Å². The third-order valence-electron chi connectivity index (χ3n) is 2.64. The van der Waals surface area contributed by atoms with Gasteiger partial charge in [-0.25, -0.2) is 19.2 Å². The zero-order valence-corrected chi connectivity index (χ0v) is 20.1. The minimum absolute atomic E-state index is 0.0628. The number of carbonyl (C=O) groups is 8. The third kappa shape index (κ3) is 54.3. The van der Waals surface area contributed by atoms with Crippen LogP contribution < -0.4 is 0 Å². The van der Waals surface area contributed by atoms with E-state index in [1.54, 1.807) is 20.8 Å². The number of carboxylic acids is 8. The maximum Gasteiger partial charge on any atom is 0.414 e. The Morgan fingerprint density at radius 3 is 0.946 bits per heavy atom. The number of aliphatic carboxylic acids is 8. The maximum absolute atomic E-state index is 10.0. The molecule has 0 amide bonds. The summed E-state index contributed by atoms with van der Waals surface area (Å²) in [6.07, 6.45) is -1.53. The summed E-state index contributed by atoms with van der Waals surface area (Å²) in [7, 11) is 0. The molecular formula is C19H32O18. The van der Waals surface area contributed by atoms with Crippen molar-refractivity contribution in [2.24, 2.45) is 5.41 Å². The zero-order valence-electron chi connectivity index (χ0n) is 20.1. The fraction of sp³-hybridized carbons (Fsp3) is 0.579.